The van der Waals surface area contributed by atoms with Crippen LogP contribution in [0.4, 0.5) is 4.39 Å². The highest BCUT2D eigenvalue weighted by Gasteiger charge is 2.20. The molecule has 0 bridgehead atoms. The maximum Gasteiger partial charge on any atom is 0.169 e. The summed E-state index contributed by atoms with van der Waals surface area (Å²) in [6.45, 7) is 0.608. The zero-order chi connectivity index (χ0) is 13.5. The summed E-state index contributed by atoms with van der Waals surface area (Å²) in [6, 6.07) is 1.27. The fourth-order valence-corrected chi connectivity index (χ4v) is 1.91. The van der Waals surface area contributed by atoms with E-state index in [1.807, 2.05) is 0 Å². The Hall–Kier alpha value is -1.49. The van der Waals surface area contributed by atoms with Crippen molar-refractivity contribution in [2.75, 3.05) is 27.9 Å². The zero-order valence-corrected chi connectivity index (χ0v) is 11.1. The van der Waals surface area contributed by atoms with Gasteiger partial charge in [0.15, 0.2) is 23.1 Å². The van der Waals surface area contributed by atoms with E-state index in [1.54, 1.807) is 0 Å². The molecule has 0 aliphatic heterocycles. The predicted molar refractivity (Wildman–Crippen MR) is 68.0 cm³/mol. The Labute approximate surface area is 107 Å². The second kappa shape index (κ2) is 7.06. The van der Waals surface area contributed by atoms with Crippen molar-refractivity contribution in [1.29, 1.82) is 0 Å². The van der Waals surface area contributed by atoms with Crippen molar-refractivity contribution < 1.29 is 18.6 Å². The van der Waals surface area contributed by atoms with E-state index in [0.717, 1.165) is 12.8 Å². The van der Waals surface area contributed by atoms with E-state index in [9.17, 15) is 4.39 Å². The largest absolute Gasteiger partial charge is 0.493 e. The molecule has 2 N–H and O–H groups in total. The Kier molecular flexibility index (Phi) is 5.71. The molecule has 0 unspecified atom stereocenters. The summed E-state index contributed by atoms with van der Waals surface area (Å²) >= 11 is 0. The fourth-order valence-electron chi connectivity index (χ4n) is 1.91. The van der Waals surface area contributed by atoms with Gasteiger partial charge >= 0.3 is 0 Å². The summed E-state index contributed by atoms with van der Waals surface area (Å²) in [5.41, 5.74) is 6.14. The summed E-state index contributed by atoms with van der Waals surface area (Å²) in [5.74, 6) is 0.661. The second-order valence-corrected chi connectivity index (χ2v) is 3.85. The Balaban J connectivity index is 3.18. The van der Waals surface area contributed by atoms with Crippen molar-refractivity contribution in [3.05, 3.63) is 17.4 Å². The standard InChI is InChI=1S/C13H20FNO3/c1-16-11-8-10(14)12(17-2)9(13(11)18-3)6-4-5-7-15/h8H,4-7,15H2,1-3H3. The van der Waals surface area contributed by atoms with Gasteiger partial charge < -0.3 is 19.9 Å². The molecule has 102 valence electrons. The molecule has 0 aromatic heterocycles. The van der Waals surface area contributed by atoms with Crippen LogP contribution >= 0.6 is 0 Å². The molecule has 4 nitrogen and oxygen atoms in total. The molecule has 0 saturated heterocycles. The molecular weight excluding hydrogens is 237 g/mol. The molecule has 5 heteroatoms. The Morgan fingerprint density at radius 2 is 1.72 bits per heavy atom. The van der Waals surface area contributed by atoms with Gasteiger partial charge in [-0.25, -0.2) is 4.39 Å². The molecule has 0 aliphatic rings. The highest BCUT2D eigenvalue weighted by molar-refractivity contribution is 5.54. The minimum atomic E-state index is -0.446. The monoisotopic (exact) mass is 257 g/mol. The molecule has 0 spiro atoms. The van der Waals surface area contributed by atoms with Crippen LogP contribution < -0.4 is 19.9 Å². The number of ether oxygens (including phenoxy) is 3. The van der Waals surface area contributed by atoms with Crippen molar-refractivity contribution in [3.63, 3.8) is 0 Å². The molecule has 1 aromatic rings. The molecule has 0 amide bonds. The van der Waals surface area contributed by atoms with E-state index >= 15 is 0 Å². The van der Waals surface area contributed by atoms with Gasteiger partial charge in [0.2, 0.25) is 0 Å². The summed E-state index contributed by atoms with van der Waals surface area (Å²) in [6.07, 6.45) is 2.35. The molecule has 0 radical (unpaired) electrons. The number of nitrogens with two attached hydrogens (primary N) is 1. The average Bonchev–Trinajstić information content (AvgIpc) is 2.38. The van der Waals surface area contributed by atoms with Crippen molar-refractivity contribution in [2.24, 2.45) is 5.73 Å². The fraction of sp³-hybridized carbons (Fsp3) is 0.538. The van der Waals surface area contributed by atoms with Gasteiger partial charge in [0, 0.05) is 11.6 Å². The van der Waals surface area contributed by atoms with E-state index in [4.69, 9.17) is 19.9 Å². The van der Waals surface area contributed by atoms with Crippen LogP contribution in [0.15, 0.2) is 6.07 Å². The summed E-state index contributed by atoms with van der Waals surface area (Å²) < 4.78 is 29.4. The maximum absolute atomic E-state index is 13.8. The molecule has 0 aliphatic carbocycles. The first-order chi connectivity index (χ1) is 8.69. The number of methoxy groups -OCH3 is 3. The molecule has 1 rings (SSSR count). The van der Waals surface area contributed by atoms with Crippen LogP contribution in [0, 0.1) is 5.82 Å². The van der Waals surface area contributed by atoms with Crippen molar-refractivity contribution in [1.82, 2.24) is 0 Å². The molecule has 0 atom stereocenters. The lowest BCUT2D eigenvalue weighted by Gasteiger charge is -2.16. The van der Waals surface area contributed by atoms with Crippen LogP contribution in [-0.4, -0.2) is 27.9 Å². The van der Waals surface area contributed by atoms with Gasteiger partial charge in [-0.15, -0.1) is 0 Å². The van der Waals surface area contributed by atoms with Crippen LogP contribution in [0.1, 0.15) is 18.4 Å². The van der Waals surface area contributed by atoms with Crippen molar-refractivity contribution in [2.45, 2.75) is 19.3 Å². The Morgan fingerprint density at radius 1 is 1.06 bits per heavy atom. The molecule has 18 heavy (non-hydrogen) atoms. The van der Waals surface area contributed by atoms with Gasteiger partial charge in [-0.3, -0.25) is 0 Å². The average molecular weight is 257 g/mol. The quantitative estimate of drug-likeness (QED) is 0.760. The van der Waals surface area contributed by atoms with Gasteiger partial charge in [-0.05, 0) is 25.8 Å². The van der Waals surface area contributed by atoms with Gasteiger partial charge in [-0.2, -0.15) is 0 Å². The third-order valence-electron chi connectivity index (χ3n) is 2.76. The highest BCUT2D eigenvalue weighted by Crippen LogP contribution is 2.40. The van der Waals surface area contributed by atoms with Crippen LogP contribution in [0.5, 0.6) is 17.2 Å². The van der Waals surface area contributed by atoms with Gasteiger partial charge in [0.1, 0.15) is 0 Å². The normalized spacial score (nSPS) is 10.3. The first-order valence-electron chi connectivity index (χ1n) is 5.87. The lowest BCUT2D eigenvalue weighted by atomic mass is 10.0. The van der Waals surface area contributed by atoms with Crippen LogP contribution in [0.25, 0.3) is 0 Å². The molecule has 1 aromatic carbocycles. The van der Waals surface area contributed by atoms with E-state index in [-0.39, 0.29) is 5.75 Å². The second-order valence-electron chi connectivity index (χ2n) is 3.85. The van der Waals surface area contributed by atoms with Crippen LogP contribution in [0.3, 0.4) is 0 Å². The number of halogens is 1. The molecular formula is C13H20FNO3. The van der Waals surface area contributed by atoms with Gasteiger partial charge in [0.25, 0.3) is 0 Å². The number of rotatable bonds is 7. The van der Waals surface area contributed by atoms with Crippen LogP contribution in [0.2, 0.25) is 0 Å². The highest BCUT2D eigenvalue weighted by atomic mass is 19.1. The van der Waals surface area contributed by atoms with Crippen molar-refractivity contribution >= 4 is 0 Å². The molecule has 0 saturated carbocycles. The predicted octanol–water partition coefficient (Wildman–Crippen LogP) is 2.13. The number of hydrogen-bond donors (Lipinski definition) is 1. The smallest absolute Gasteiger partial charge is 0.169 e. The van der Waals surface area contributed by atoms with Crippen LogP contribution in [-0.2, 0) is 6.42 Å². The number of unbranched alkanes of at least 4 members (excludes halogenated alkanes) is 1. The third kappa shape index (κ3) is 3.04. The third-order valence-corrected chi connectivity index (χ3v) is 2.76. The number of hydrogen-bond acceptors (Lipinski definition) is 4. The summed E-state index contributed by atoms with van der Waals surface area (Å²) in [4.78, 5) is 0. The Bertz CT molecular complexity index is 396. The van der Waals surface area contributed by atoms with E-state index in [1.165, 1.54) is 27.4 Å². The minimum Gasteiger partial charge on any atom is -0.493 e. The van der Waals surface area contributed by atoms with Crippen molar-refractivity contribution in [3.8, 4) is 17.2 Å². The minimum absolute atomic E-state index is 0.213. The zero-order valence-electron chi connectivity index (χ0n) is 11.1. The van der Waals surface area contributed by atoms with E-state index in [2.05, 4.69) is 0 Å². The van der Waals surface area contributed by atoms with E-state index in [0.29, 0.717) is 30.0 Å². The SMILES string of the molecule is COc1cc(F)c(OC)c(CCCCN)c1OC. The van der Waals surface area contributed by atoms with Gasteiger partial charge in [0.05, 0.1) is 21.3 Å². The number of benzene rings is 1. The topological polar surface area (TPSA) is 53.7 Å². The lowest BCUT2D eigenvalue weighted by Crippen LogP contribution is -2.04. The molecule has 0 heterocycles. The maximum atomic E-state index is 13.8. The first-order valence-corrected chi connectivity index (χ1v) is 5.87. The van der Waals surface area contributed by atoms with E-state index < -0.39 is 5.82 Å². The molecule has 0 fully saturated rings. The lowest BCUT2D eigenvalue weighted by molar-refractivity contribution is 0.332. The van der Waals surface area contributed by atoms with Gasteiger partial charge in [-0.1, -0.05) is 0 Å². The summed E-state index contributed by atoms with van der Waals surface area (Å²) in [5, 5.41) is 0. The Morgan fingerprint density at radius 3 is 2.22 bits per heavy atom. The summed E-state index contributed by atoms with van der Waals surface area (Å²) in [7, 11) is 4.45. The first kappa shape index (κ1) is 14.6.